The minimum atomic E-state index is -0.511. The van der Waals surface area contributed by atoms with Crippen molar-refractivity contribution in [2.75, 3.05) is 29.1 Å². The average Bonchev–Trinajstić information content (AvgIpc) is 3.45. The van der Waals surface area contributed by atoms with Gasteiger partial charge in [-0.3, -0.25) is 14.9 Å². The van der Waals surface area contributed by atoms with Gasteiger partial charge in [0.2, 0.25) is 5.91 Å². The molecule has 0 atom stereocenters. The Hall–Kier alpha value is -3.11. The molecule has 1 aliphatic heterocycles. The smallest absolute Gasteiger partial charge is 0.282 e. The Morgan fingerprint density at radius 2 is 1.97 bits per heavy atom. The van der Waals surface area contributed by atoms with Gasteiger partial charge in [-0.05, 0) is 31.0 Å². The number of amides is 1. The monoisotopic (exact) mass is 459 g/mol. The van der Waals surface area contributed by atoms with Gasteiger partial charge in [0.05, 0.1) is 27.1 Å². The van der Waals surface area contributed by atoms with E-state index < -0.39 is 4.92 Å². The highest BCUT2D eigenvalue weighted by atomic mass is 35.5. The molecule has 11 heteroatoms. The van der Waals surface area contributed by atoms with Gasteiger partial charge in [0.1, 0.15) is 5.56 Å². The first-order valence-corrected chi connectivity index (χ1v) is 10.9. The van der Waals surface area contributed by atoms with Crippen LogP contribution in [0.3, 0.4) is 0 Å². The summed E-state index contributed by atoms with van der Waals surface area (Å²) >= 11 is 7.43. The predicted octanol–water partition coefficient (Wildman–Crippen LogP) is 4.63. The second-order valence-electron chi connectivity index (χ2n) is 6.81. The summed E-state index contributed by atoms with van der Waals surface area (Å²) in [4.78, 5) is 25.4. The summed E-state index contributed by atoms with van der Waals surface area (Å²) in [6.07, 6.45) is 2.18. The van der Waals surface area contributed by atoms with E-state index in [0.29, 0.717) is 10.7 Å². The van der Waals surface area contributed by atoms with E-state index in [1.54, 1.807) is 18.2 Å². The maximum atomic E-state index is 12.5. The number of carbonyl (C=O) groups excluding carboxylic acids is 1. The molecule has 0 saturated carbocycles. The van der Waals surface area contributed by atoms with Crippen molar-refractivity contribution in [3.63, 3.8) is 0 Å². The van der Waals surface area contributed by atoms with Crippen LogP contribution in [-0.4, -0.2) is 39.9 Å². The van der Waals surface area contributed by atoms with Gasteiger partial charge in [0.25, 0.3) is 16.8 Å². The number of hydrogen-bond acceptors (Lipinski definition) is 8. The Bertz CT molecular complexity index is 1120. The van der Waals surface area contributed by atoms with Crippen LogP contribution in [0.2, 0.25) is 5.02 Å². The Labute approximate surface area is 186 Å². The zero-order valence-electron chi connectivity index (χ0n) is 16.3. The lowest BCUT2D eigenvalue weighted by Gasteiger charge is -2.22. The summed E-state index contributed by atoms with van der Waals surface area (Å²) in [7, 11) is 0. The highest BCUT2D eigenvalue weighted by Gasteiger charge is 2.22. The van der Waals surface area contributed by atoms with Gasteiger partial charge in [0.15, 0.2) is 0 Å². The number of rotatable bonds is 7. The Morgan fingerprint density at radius 3 is 2.74 bits per heavy atom. The average molecular weight is 460 g/mol. The number of para-hydroxylation sites is 2. The molecule has 1 amide bonds. The summed E-state index contributed by atoms with van der Waals surface area (Å²) < 4.78 is 5.51. The third-order valence-electron chi connectivity index (χ3n) is 4.75. The molecular formula is C20H18ClN5O4S. The molecule has 9 nitrogen and oxygen atoms in total. The van der Waals surface area contributed by atoms with E-state index in [4.69, 9.17) is 16.0 Å². The number of aromatic nitrogens is 2. The van der Waals surface area contributed by atoms with E-state index in [1.807, 2.05) is 12.1 Å². The lowest BCUT2D eigenvalue weighted by Crippen LogP contribution is -2.22. The van der Waals surface area contributed by atoms with Gasteiger partial charge < -0.3 is 14.6 Å². The predicted molar refractivity (Wildman–Crippen MR) is 119 cm³/mol. The molecule has 31 heavy (non-hydrogen) atoms. The minimum Gasteiger partial charge on any atom is -0.411 e. The number of anilines is 2. The number of hydrogen-bond donors (Lipinski definition) is 1. The standard InChI is InChI=1S/C20H18ClN5O4S/c21-14-7-5-8-15(18(14)25-10-3-4-11-25)22-17(27)12-31-20-24-23-19(30-20)13-6-1-2-9-16(13)26(28)29/h1-2,5-9H,3-4,10-12H2,(H,22,27). The molecule has 4 rings (SSSR count). The first-order valence-electron chi connectivity index (χ1n) is 9.56. The maximum Gasteiger partial charge on any atom is 0.282 e. The first kappa shape index (κ1) is 21.1. The van der Waals surface area contributed by atoms with E-state index in [0.717, 1.165) is 43.4 Å². The fourth-order valence-corrected chi connectivity index (χ4v) is 4.24. The fourth-order valence-electron chi connectivity index (χ4n) is 3.38. The number of nitro benzene ring substituents is 1. The van der Waals surface area contributed by atoms with Crippen molar-refractivity contribution in [2.24, 2.45) is 0 Å². The third kappa shape index (κ3) is 4.80. The van der Waals surface area contributed by atoms with Crippen LogP contribution in [0.15, 0.2) is 52.1 Å². The van der Waals surface area contributed by atoms with Crippen molar-refractivity contribution in [1.82, 2.24) is 10.2 Å². The molecule has 0 unspecified atom stereocenters. The van der Waals surface area contributed by atoms with Crippen molar-refractivity contribution < 1.29 is 14.1 Å². The van der Waals surface area contributed by atoms with Gasteiger partial charge in [-0.25, -0.2) is 0 Å². The number of carbonyl (C=O) groups is 1. The van der Waals surface area contributed by atoms with Gasteiger partial charge >= 0.3 is 0 Å². The van der Waals surface area contributed by atoms with Crippen molar-refractivity contribution in [1.29, 1.82) is 0 Å². The highest BCUT2D eigenvalue weighted by molar-refractivity contribution is 7.99. The number of nitrogens with zero attached hydrogens (tertiary/aromatic N) is 4. The fraction of sp³-hybridized carbons (Fsp3) is 0.250. The molecule has 1 fully saturated rings. The normalized spacial score (nSPS) is 13.4. The molecule has 0 bridgehead atoms. The van der Waals surface area contributed by atoms with Crippen LogP contribution < -0.4 is 10.2 Å². The van der Waals surface area contributed by atoms with Crippen LogP contribution in [0.1, 0.15) is 12.8 Å². The summed E-state index contributed by atoms with van der Waals surface area (Å²) in [6.45, 7) is 1.80. The van der Waals surface area contributed by atoms with Crippen LogP contribution >= 0.6 is 23.4 Å². The van der Waals surface area contributed by atoms with Gasteiger partial charge in [-0.2, -0.15) is 0 Å². The van der Waals surface area contributed by atoms with Gasteiger partial charge in [0, 0.05) is 19.2 Å². The molecule has 0 radical (unpaired) electrons. The largest absolute Gasteiger partial charge is 0.411 e. The minimum absolute atomic E-state index is 0.0290. The summed E-state index contributed by atoms with van der Waals surface area (Å²) in [5.41, 5.74) is 1.59. The molecule has 160 valence electrons. The van der Waals surface area contributed by atoms with E-state index in [9.17, 15) is 14.9 Å². The number of benzene rings is 2. The molecule has 1 aliphatic rings. The summed E-state index contributed by atoms with van der Waals surface area (Å²) in [5.74, 6) is -0.190. The van der Waals surface area contributed by atoms with Crippen LogP contribution in [-0.2, 0) is 4.79 Å². The quantitative estimate of drug-likeness (QED) is 0.309. The first-order chi connectivity index (χ1) is 15.0. The molecule has 3 aromatic rings. The number of nitrogens with one attached hydrogen (secondary N) is 1. The molecule has 0 spiro atoms. The van der Waals surface area contributed by atoms with E-state index >= 15 is 0 Å². The molecule has 0 aliphatic carbocycles. The second-order valence-corrected chi connectivity index (χ2v) is 8.15. The Kier molecular flexibility index (Phi) is 6.38. The number of nitro groups is 1. The Balaban J connectivity index is 1.42. The topological polar surface area (TPSA) is 114 Å². The third-order valence-corrected chi connectivity index (χ3v) is 5.87. The van der Waals surface area contributed by atoms with Crippen LogP contribution in [0.4, 0.5) is 17.1 Å². The second kappa shape index (κ2) is 9.36. The van der Waals surface area contributed by atoms with Crippen molar-refractivity contribution >= 4 is 46.3 Å². The maximum absolute atomic E-state index is 12.5. The molecule has 2 heterocycles. The van der Waals surface area contributed by atoms with Crippen LogP contribution in [0, 0.1) is 10.1 Å². The number of halogens is 1. The zero-order valence-corrected chi connectivity index (χ0v) is 17.9. The lowest BCUT2D eigenvalue weighted by molar-refractivity contribution is -0.384. The van der Waals surface area contributed by atoms with Crippen molar-refractivity contribution in [3.05, 3.63) is 57.6 Å². The molecule has 1 aromatic heterocycles. The van der Waals surface area contributed by atoms with E-state index in [1.165, 1.54) is 12.1 Å². The van der Waals surface area contributed by atoms with E-state index in [2.05, 4.69) is 20.4 Å². The SMILES string of the molecule is O=C(CSc1nnc(-c2ccccc2[N+](=O)[O-])o1)Nc1cccc(Cl)c1N1CCCC1. The highest BCUT2D eigenvalue weighted by Crippen LogP contribution is 2.36. The van der Waals surface area contributed by atoms with E-state index in [-0.39, 0.29) is 34.0 Å². The van der Waals surface area contributed by atoms with Crippen LogP contribution in [0.5, 0.6) is 0 Å². The number of thioether (sulfide) groups is 1. The van der Waals surface area contributed by atoms with Crippen molar-refractivity contribution in [2.45, 2.75) is 18.1 Å². The van der Waals surface area contributed by atoms with Gasteiger partial charge in [-0.1, -0.05) is 41.6 Å². The molecule has 1 saturated heterocycles. The lowest BCUT2D eigenvalue weighted by atomic mass is 10.2. The van der Waals surface area contributed by atoms with Gasteiger partial charge in [-0.15, -0.1) is 10.2 Å². The van der Waals surface area contributed by atoms with Crippen molar-refractivity contribution in [3.8, 4) is 11.5 Å². The summed E-state index contributed by atoms with van der Waals surface area (Å²) in [6, 6.07) is 11.5. The molecule has 2 aromatic carbocycles. The zero-order chi connectivity index (χ0) is 21.8. The Morgan fingerprint density at radius 1 is 1.19 bits per heavy atom. The van der Waals surface area contributed by atoms with Crippen LogP contribution in [0.25, 0.3) is 11.5 Å². The molecular weight excluding hydrogens is 442 g/mol. The summed E-state index contributed by atoms with van der Waals surface area (Å²) in [5, 5.41) is 22.6. The molecule has 1 N–H and O–H groups in total.